The number of ether oxygens (including phenoxy) is 1. The summed E-state index contributed by atoms with van der Waals surface area (Å²) in [6.07, 6.45) is -2.34. The van der Waals surface area contributed by atoms with E-state index in [1.807, 2.05) is 15.6 Å². The summed E-state index contributed by atoms with van der Waals surface area (Å²) in [5.41, 5.74) is 1.63. The fourth-order valence-electron chi connectivity index (χ4n) is 3.14. The molecule has 2 heterocycles. The van der Waals surface area contributed by atoms with Gasteiger partial charge in [0.05, 0.1) is 30.4 Å². The third-order valence-electron chi connectivity index (χ3n) is 4.72. The summed E-state index contributed by atoms with van der Waals surface area (Å²) in [5.74, 6) is -2.21. The number of amides is 1. The molecular weight excluding hydrogens is 453 g/mol. The summed E-state index contributed by atoms with van der Waals surface area (Å²) in [6, 6.07) is 7.31. The van der Waals surface area contributed by atoms with E-state index in [2.05, 4.69) is 24.1 Å². The summed E-state index contributed by atoms with van der Waals surface area (Å²) < 4.78 is 38.9. The van der Waals surface area contributed by atoms with E-state index in [9.17, 15) is 18.0 Å². The van der Waals surface area contributed by atoms with Gasteiger partial charge in [-0.15, -0.1) is 0 Å². The molecule has 0 radical (unpaired) electrons. The average Bonchev–Trinajstić information content (AvgIpc) is 3.19. The highest BCUT2D eigenvalue weighted by molar-refractivity contribution is 6.32. The van der Waals surface area contributed by atoms with E-state index in [0.717, 1.165) is 18.7 Å². The maximum absolute atomic E-state index is 13.0. The number of aromatic nitrogens is 2. The number of rotatable bonds is 5. The van der Waals surface area contributed by atoms with Crippen molar-refractivity contribution in [2.24, 2.45) is 0 Å². The summed E-state index contributed by atoms with van der Waals surface area (Å²) in [4.78, 5) is 25.9. The normalized spacial score (nSPS) is 15.6. The SMILES string of the molecule is COc1ccc(C(=O)N2Cc3ccnn3C(CCN(C)C)C2)cc1Cl.O=C(O)C(F)(F)F. The van der Waals surface area contributed by atoms with Crippen LogP contribution in [-0.2, 0) is 11.3 Å². The molecule has 0 saturated carbocycles. The van der Waals surface area contributed by atoms with Gasteiger partial charge in [-0.1, -0.05) is 11.6 Å². The maximum Gasteiger partial charge on any atom is 0.490 e. The average molecular weight is 477 g/mol. The number of fused-ring (bicyclic) bond motifs is 1. The van der Waals surface area contributed by atoms with E-state index < -0.39 is 12.1 Å². The van der Waals surface area contributed by atoms with Gasteiger partial charge in [-0.05, 0) is 51.3 Å². The van der Waals surface area contributed by atoms with Gasteiger partial charge in [0, 0.05) is 18.3 Å². The van der Waals surface area contributed by atoms with Crippen molar-refractivity contribution in [1.82, 2.24) is 19.6 Å². The van der Waals surface area contributed by atoms with E-state index in [1.165, 1.54) is 0 Å². The zero-order valence-electron chi connectivity index (χ0n) is 17.8. The second-order valence-electron chi connectivity index (χ2n) is 7.35. The van der Waals surface area contributed by atoms with Crippen molar-refractivity contribution in [3.63, 3.8) is 0 Å². The quantitative estimate of drug-likeness (QED) is 0.712. The molecule has 0 aliphatic carbocycles. The van der Waals surface area contributed by atoms with E-state index >= 15 is 0 Å². The third-order valence-corrected chi connectivity index (χ3v) is 5.02. The molecule has 1 aromatic heterocycles. The molecule has 3 rings (SSSR count). The van der Waals surface area contributed by atoms with Crippen LogP contribution in [0.5, 0.6) is 5.75 Å². The Kier molecular flexibility index (Phi) is 8.51. The van der Waals surface area contributed by atoms with Crippen LogP contribution in [0.3, 0.4) is 0 Å². The van der Waals surface area contributed by atoms with Crippen LogP contribution in [0, 0.1) is 0 Å². The molecule has 12 heteroatoms. The summed E-state index contributed by atoms with van der Waals surface area (Å²) in [6.45, 7) is 2.15. The molecule has 0 fully saturated rings. The Labute approximate surface area is 188 Å². The van der Waals surface area contributed by atoms with Gasteiger partial charge in [0.15, 0.2) is 0 Å². The van der Waals surface area contributed by atoms with E-state index in [4.69, 9.17) is 26.2 Å². The van der Waals surface area contributed by atoms with Gasteiger partial charge in [-0.2, -0.15) is 18.3 Å². The molecule has 2 aromatic rings. The first-order valence-corrected chi connectivity index (χ1v) is 9.91. The van der Waals surface area contributed by atoms with Gasteiger partial charge in [0.25, 0.3) is 5.91 Å². The van der Waals surface area contributed by atoms with Crippen molar-refractivity contribution in [2.45, 2.75) is 25.2 Å². The number of carbonyl (C=O) groups is 2. The topological polar surface area (TPSA) is 87.9 Å². The molecule has 8 nitrogen and oxygen atoms in total. The highest BCUT2D eigenvalue weighted by Crippen LogP contribution is 2.28. The Bertz CT molecular complexity index is 949. The standard InChI is InChI=1S/C18H23ClN4O2.C2HF3O2/c1-21(2)9-7-15-12-22(11-14-6-8-20-23(14)15)18(24)13-4-5-17(25-3)16(19)10-13;3-2(4,5)1(6)7/h4-6,8,10,15H,7,9,11-12H2,1-3H3;(H,6,7). The van der Waals surface area contributed by atoms with Crippen molar-refractivity contribution in [1.29, 1.82) is 0 Å². The first-order valence-electron chi connectivity index (χ1n) is 9.54. The summed E-state index contributed by atoms with van der Waals surface area (Å²) in [5, 5.41) is 12.0. The summed E-state index contributed by atoms with van der Waals surface area (Å²) in [7, 11) is 5.66. The van der Waals surface area contributed by atoms with E-state index in [1.54, 1.807) is 31.5 Å². The van der Waals surface area contributed by atoms with Crippen molar-refractivity contribution in [2.75, 3.05) is 34.3 Å². The molecule has 1 N–H and O–H groups in total. The Morgan fingerprint density at radius 2 is 1.97 bits per heavy atom. The number of carboxylic acid groups (broad SMARTS) is 1. The minimum atomic E-state index is -5.08. The number of hydrogen-bond acceptors (Lipinski definition) is 5. The Balaban J connectivity index is 0.000000451. The number of aliphatic carboxylic acids is 1. The molecule has 176 valence electrons. The Hall–Kier alpha value is -2.79. The number of nitrogens with zero attached hydrogens (tertiary/aromatic N) is 4. The first kappa shape index (κ1) is 25.5. The van der Waals surface area contributed by atoms with Crippen molar-refractivity contribution in [3.8, 4) is 5.75 Å². The second-order valence-corrected chi connectivity index (χ2v) is 7.76. The van der Waals surface area contributed by atoms with Crippen LogP contribution in [0.2, 0.25) is 5.02 Å². The van der Waals surface area contributed by atoms with Crippen LogP contribution in [-0.4, -0.2) is 77.0 Å². The van der Waals surface area contributed by atoms with Gasteiger partial charge >= 0.3 is 12.1 Å². The van der Waals surface area contributed by atoms with Crippen LogP contribution >= 0.6 is 11.6 Å². The number of hydrogen-bond donors (Lipinski definition) is 1. The lowest BCUT2D eigenvalue weighted by Crippen LogP contribution is -2.42. The third kappa shape index (κ3) is 6.60. The zero-order chi connectivity index (χ0) is 24.1. The molecule has 1 aliphatic rings. The number of carbonyl (C=O) groups excluding carboxylic acids is 1. The zero-order valence-corrected chi connectivity index (χ0v) is 18.5. The number of carboxylic acids is 1. The lowest BCUT2D eigenvalue weighted by atomic mass is 10.1. The molecule has 1 atom stereocenters. The van der Waals surface area contributed by atoms with Gasteiger partial charge in [-0.25, -0.2) is 4.79 Å². The van der Waals surface area contributed by atoms with Gasteiger partial charge in [0.1, 0.15) is 5.75 Å². The molecule has 1 aromatic carbocycles. The molecule has 32 heavy (non-hydrogen) atoms. The highest BCUT2D eigenvalue weighted by Gasteiger charge is 2.38. The number of methoxy groups -OCH3 is 1. The molecule has 1 amide bonds. The van der Waals surface area contributed by atoms with Crippen LogP contribution in [0.1, 0.15) is 28.5 Å². The highest BCUT2D eigenvalue weighted by atomic mass is 35.5. The largest absolute Gasteiger partial charge is 0.495 e. The minimum absolute atomic E-state index is 0.0214. The van der Waals surface area contributed by atoms with Crippen LogP contribution in [0.15, 0.2) is 30.5 Å². The minimum Gasteiger partial charge on any atom is -0.495 e. The van der Waals surface area contributed by atoms with E-state index in [0.29, 0.717) is 29.4 Å². The predicted molar refractivity (Wildman–Crippen MR) is 111 cm³/mol. The Morgan fingerprint density at radius 1 is 1.31 bits per heavy atom. The van der Waals surface area contributed by atoms with Crippen LogP contribution in [0.4, 0.5) is 13.2 Å². The summed E-state index contributed by atoms with van der Waals surface area (Å²) >= 11 is 6.17. The van der Waals surface area contributed by atoms with Gasteiger partial charge in [0.2, 0.25) is 0 Å². The van der Waals surface area contributed by atoms with Crippen LogP contribution in [0.25, 0.3) is 0 Å². The maximum atomic E-state index is 13.0. The van der Waals surface area contributed by atoms with Crippen LogP contribution < -0.4 is 4.74 Å². The van der Waals surface area contributed by atoms with Gasteiger partial charge in [-0.3, -0.25) is 9.48 Å². The fraction of sp³-hybridized carbons (Fsp3) is 0.450. The fourth-order valence-corrected chi connectivity index (χ4v) is 3.40. The number of benzene rings is 1. The molecule has 0 saturated heterocycles. The number of halogens is 4. The molecule has 0 spiro atoms. The predicted octanol–water partition coefficient (Wildman–Crippen LogP) is 3.33. The lowest BCUT2D eigenvalue weighted by molar-refractivity contribution is -0.192. The second kappa shape index (κ2) is 10.7. The monoisotopic (exact) mass is 476 g/mol. The van der Waals surface area contributed by atoms with Crippen molar-refractivity contribution >= 4 is 23.5 Å². The molecule has 1 aliphatic heterocycles. The molecule has 1 unspecified atom stereocenters. The lowest BCUT2D eigenvalue weighted by Gasteiger charge is -2.34. The van der Waals surface area contributed by atoms with Gasteiger partial charge < -0.3 is 19.6 Å². The molecule has 0 bridgehead atoms. The first-order chi connectivity index (χ1) is 14.9. The smallest absolute Gasteiger partial charge is 0.490 e. The van der Waals surface area contributed by atoms with Crippen molar-refractivity contribution in [3.05, 3.63) is 46.7 Å². The molecular formula is C20H24ClF3N4O4. The van der Waals surface area contributed by atoms with E-state index in [-0.39, 0.29) is 11.9 Å². The Morgan fingerprint density at radius 3 is 2.50 bits per heavy atom. The van der Waals surface area contributed by atoms with Crippen molar-refractivity contribution < 1.29 is 32.6 Å². The number of alkyl halides is 3.